The third-order valence-electron chi connectivity index (χ3n) is 2.44. The van der Waals surface area contributed by atoms with E-state index >= 15 is 0 Å². The Balaban J connectivity index is 2.13. The van der Waals surface area contributed by atoms with E-state index in [1.165, 1.54) is 30.5 Å². The van der Waals surface area contributed by atoms with Crippen LogP contribution in [-0.4, -0.2) is 21.8 Å². The van der Waals surface area contributed by atoms with E-state index in [1.807, 2.05) is 0 Å². The van der Waals surface area contributed by atoms with Crippen LogP contribution in [0.1, 0.15) is 23.0 Å². The molecule has 0 atom stereocenters. The highest BCUT2D eigenvalue weighted by Crippen LogP contribution is 2.22. The molecule has 1 heterocycles. The zero-order valence-electron chi connectivity index (χ0n) is 10.1. The molecule has 98 valence electrons. The maximum absolute atomic E-state index is 11.6. The van der Waals surface area contributed by atoms with E-state index < -0.39 is 5.91 Å². The number of carbonyl (C=O) groups excluding carboxylic acids is 1. The zero-order valence-corrected chi connectivity index (χ0v) is 10.1. The van der Waals surface area contributed by atoms with Crippen molar-refractivity contribution in [3.05, 3.63) is 47.9 Å². The van der Waals surface area contributed by atoms with Crippen molar-refractivity contribution < 1.29 is 19.4 Å². The van der Waals surface area contributed by atoms with Crippen LogP contribution in [0.3, 0.4) is 0 Å². The number of nitrogens with one attached hydrogen (secondary N) is 1. The molecule has 0 aliphatic heterocycles. The molecule has 0 radical (unpaired) electrons. The van der Waals surface area contributed by atoms with Gasteiger partial charge in [0.05, 0.1) is 12.0 Å². The predicted octanol–water partition coefficient (Wildman–Crippen LogP) is 1.84. The molecule has 0 aliphatic rings. The summed E-state index contributed by atoms with van der Waals surface area (Å²) in [7, 11) is 0. The fraction of sp³-hybridized carbons (Fsp3) is 0.0769. The van der Waals surface area contributed by atoms with Crippen molar-refractivity contribution in [1.29, 1.82) is 0 Å². The number of hydrogen-bond acceptors (Lipinski definition) is 5. The molecule has 1 aromatic heterocycles. The van der Waals surface area contributed by atoms with Gasteiger partial charge in [-0.25, -0.2) is 5.43 Å². The number of hydrogen-bond donors (Lipinski definition) is 3. The first kappa shape index (κ1) is 12.7. The normalized spacial score (nSPS) is 11.3. The van der Waals surface area contributed by atoms with Crippen LogP contribution >= 0.6 is 0 Å². The van der Waals surface area contributed by atoms with Crippen LogP contribution in [0.2, 0.25) is 0 Å². The van der Waals surface area contributed by atoms with E-state index in [-0.39, 0.29) is 17.3 Å². The molecule has 3 N–H and O–H groups in total. The van der Waals surface area contributed by atoms with Crippen molar-refractivity contribution in [2.75, 3.05) is 0 Å². The lowest BCUT2D eigenvalue weighted by atomic mass is 10.1. The SMILES string of the molecule is C/C(=N\NC(=O)c1ccco1)c1ccc(O)cc1O. The second-order valence-electron chi connectivity index (χ2n) is 3.82. The Hall–Kier alpha value is -2.76. The Labute approximate surface area is 109 Å². The van der Waals surface area contributed by atoms with Gasteiger partial charge in [-0.2, -0.15) is 5.10 Å². The first-order valence-corrected chi connectivity index (χ1v) is 5.48. The maximum Gasteiger partial charge on any atom is 0.307 e. The molecule has 0 aliphatic carbocycles. The van der Waals surface area contributed by atoms with Crippen LogP contribution in [0.4, 0.5) is 0 Å². The van der Waals surface area contributed by atoms with Gasteiger partial charge in [-0.15, -0.1) is 0 Å². The van der Waals surface area contributed by atoms with Gasteiger partial charge in [0.15, 0.2) is 5.76 Å². The molecule has 0 saturated heterocycles. The number of amides is 1. The van der Waals surface area contributed by atoms with Crippen molar-refractivity contribution in [3.8, 4) is 11.5 Å². The fourth-order valence-corrected chi connectivity index (χ4v) is 1.48. The highest BCUT2D eigenvalue weighted by molar-refractivity contribution is 6.02. The number of hydrazone groups is 1. The third kappa shape index (κ3) is 2.92. The first-order chi connectivity index (χ1) is 9.08. The monoisotopic (exact) mass is 260 g/mol. The molecule has 1 aromatic carbocycles. The van der Waals surface area contributed by atoms with E-state index in [2.05, 4.69) is 10.5 Å². The molecular formula is C13H12N2O4. The van der Waals surface area contributed by atoms with E-state index in [0.717, 1.165) is 0 Å². The van der Waals surface area contributed by atoms with Gasteiger partial charge in [-0.05, 0) is 31.2 Å². The van der Waals surface area contributed by atoms with Crippen molar-refractivity contribution in [2.24, 2.45) is 5.10 Å². The summed E-state index contributed by atoms with van der Waals surface area (Å²) in [5, 5.41) is 22.7. The van der Waals surface area contributed by atoms with Crippen LogP contribution in [0.25, 0.3) is 0 Å². The Morgan fingerprint density at radius 2 is 2.11 bits per heavy atom. The number of furan rings is 1. The minimum absolute atomic E-state index is 0.0475. The Morgan fingerprint density at radius 3 is 2.74 bits per heavy atom. The topological polar surface area (TPSA) is 95.1 Å². The summed E-state index contributed by atoms with van der Waals surface area (Å²) in [5.74, 6) is -0.503. The summed E-state index contributed by atoms with van der Waals surface area (Å²) in [6.07, 6.45) is 1.39. The minimum Gasteiger partial charge on any atom is -0.508 e. The molecule has 2 rings (SSSR count). The predicted molar refractivity (Wildman–Crippen MR) is 68.2 cm³/mol. The summed E-state index contributed by atoms with van der Waals surface area (Å²) in [5.41, 5.74) is 3.12. The standard InChI is InChI=1S/C13H12N2O4/c1-8(10-5-4-9(16)7-11(10)17)14-15-13(18)12-3-2-6-19-12/h2-7,16-17H,1H3,(H,15,18)/b14-8+. The molecule has 0 spiro atoms. The summed E-state index contributed by atoms with van der Waals surface area (Å²) in [6, 6.07) is 7.23. The largest absolute Gasteiger partial charge is 0.508 e. The molecular weight excluding hydrogens is 248 g/mol. The number of carbonyl (C=O) groups is 1. The Morgan fingerprint density at radius 1 is 1.32 bits per heavy atom. The maximum atomic E-state index is 11.6. The molecule has 0 fully saturated rings. The summed E-state index contributed by atoms with van der Waals surface area (Å²) >= 11 is 0. The van der Waals surface area contributed by atoms with Gasteiger partial charge in [-0.1, -0.05) is 0 Å². The number of phenols is 2. The zero-order chi connectivity index (χ0) is 13.8. The average molecular weight is 260 g/mol. The quantitative estimate of drug-likeness (QED) is 0.579. The molecule has 2 aromatic rings. The van der Waals surface area contributed by atoms with Gasteiger partial charge in [0.25, 0.3) is 0 Å². The van der Waals surface area contributed by atoms with E-state index in [0.29, 0.717) is 11.3 Å². The van der Waals surface area contributed by atoms with Crippen LogP contribution in [0, 0.1) is 0 Å². The summed E-state index contributed by atoms with van der Waals surface area (Å²) in [4.78, 5) is 11.6. The van der Waals surface area contributed by atoms with Crippen molar-refractivity contribution in [1.82, 2.24) is 5.43 Å². The van der Waals surface area contributed by atoms with Gasteiger partial charge < -0.3 is 14.6 Å². The number of benzene rings is 1. The van der Waals surface area contributed by atoms with E-state index in [1.54, 1.807) is 13.0 Å². The van der Waals surface area contributed by atoms with Gasteiger partial charge in [-0.3, -0.25) is 4.79 Å². The van der Waals surface area contributed by atoms with Crippen molar-refractivity contribution in [2.45, 2.75) is 6.92 Å². The van der Waals surface area contributed by atoms with Crippen molar-refractivity contribution >= 4 is 11.6 Å². The second-order valence-corrected chi connectivity index (χ2v) is 3.82. The fourth-order valence-electron chi connectivity index (χ4n) is 1.48. The average Bonchev–Trinajstić information content (AvgIpc) is 2.89. The van der Waals surface area contributed by atoms with E-state index in [4.69, 9.17) is 4.42 Å². The number of phenolic OH excluding ortho intramolecular Hbond substituents is 2. The van der Waals surface area contributed by atoms with Gasteiger partial charge >= 0.3 is 5.91 Å². The Bertz CT molecular complexity index is 618. The minimum atomic E-state index is -0.484. The summed E-state index contributed by atoms with van der Waals surface area (Å²) < 4.78 is 4.91. The Kier molecular flexibility index (Phi) is 3.51. The molecule has 6 heteroatoms. The highest BCUT2D eigenvalue weighted by Gasteiger charge is 2.09. The van der Waals surface area contributed by atoms with Crippen LogP contribution < -0.4 is 5.43 Å². The number of rotatable bonds is 3. The highest BCUT2D eigenvalue weighted by atomic mass is 16.3. The second kappa shape index (κ2) is 5.26. The van der Waals surface area contributed by atoms with Crippen molar-refractivity contribution in [3.63, 3.8) is 0 Å². The van der Waals surface area contributed by atoms with Crippen LogP contribution in [0.15, 0.2) is 46.1 Å². The van der Waals surface area contributed by atoms with Gasteiger partial charge in [0.2, 0.25) is 0 Å². The molecule has 0 unspecified atom stereocenters. The lowest BCUT2D eigenvalue weighted by Crippen LogP contribution is -2.18. The van der Waals surface area contributed by atoms with E-state index in [9.17, 15) is 15.0 Å². The molecule has 19 heavy (non-hydrogen) atoms. The van der Waals surface area contributed by atoms with Gasteiger partial charge in [0.1, 0.15) is 11.5 Å². The van der Waals surface area contributed by atoms with Crippen LogP contribution in [0.5, 0.6) is 11.5 Å². The lowest BCUT2D eigenvalue weighted by molar-refractivity contribution is 0.0927. The number of nitrogens with zero attached hydrogens (tertiary/aromatic N) is 1. The summed E-state index contributed by atoms with van der Waals surface area (Å²) in [6.45, 7) is 1.62. The van der Waals surface area contributed by atoms with Gasteiger partial charge in [0, 0.05) is 11.6 Å². The molecule has 6 nitrogen and oxygen atoms in total. The molecule has 1 amide bonds. The molecule has 0 bridgehead atoms. The van der Waals surface area contributed by atoms with Crippen LogP contribution in [-0.2, 0) is 0 Å². The number of aromatic hydroxyl groups is 2. The molecule has 0 saturated carbocycles. The lowest BCUT2D eigenvalue weighted by Gasteiger charge is -2.04. The third-order valence-corrected chi connectivity index (χ3v) is 2.44. The smallest absolute Gasteiger partial charge is 0.307 e. The first-order valence-electron chi connectivity index (χ1n) is 5.48.